The van der Waals surface area contributed by atoms with Gasteiger partial charge in [-0.05, 0) is 61.7 Å². The summed E-state index contributed by atoms with van der Waals surface area (Å²) in [5.41, 5.74) is 0.155. The van der Waals surface area contributed by atoms with Crippen molar-refractivity contribution < 1.29 is 37.8 Å². The fourth-order valence-electron chi connectivity index (χ4n) is 4.99. The summed E-state index contributed by atoms with van der Waals surface area (Å²) in [7, 11) is 1.61. The van der Waals surface area contributed by atoms with E-state index in [0.29, 0.717) is 17.2 Å². The van der Waals surface area contributed by atoms with Crippen molar-refractivity contribution in [1.29, 1.82) is 0 Å². The molecule has 3 N–H and O–H groups in total. The van der Waals surface area contributed by atoms with E-state index in [4.69, 9.17) is 25.8 Å². The van der Waals surface area contributed by atoms with Gasteiger partial charge in [-0.2, -0.15) is 0 Å². The Hall–Kier alpha value is -4.84. The number of ether oxygens (including phenoxy) is 3. The lowest BCUT2D eigenvalue weighted by molar-refractivity contribution is -0.136. The van der Waals surface area contributed by atoms with E-state index in [-0.39, 0.29) is 54.4 Å². The van der Waals surface area contributed by atoms with E-state index in [0.717, 1.165) is 0 Å². The highest BCUT2D eigenvalue weighted by Gasteiger charge is 2.31. The summed E-state index contributed by atoms with van der Waals surface area (Å²) in [5, 5.41) is 8.56. The molecule has 1 heterocycles. The normalized spacial score (nSPS) is 18.1. The summed E-state index contributed by atoms with van der Waals surface area (Å²) in [6.45, 7) is 5.63. The zero-order valence-corrected chi connectivity index (χ0v) is 28.0. The Balaban J connectivity index is 1.51. The van der Waals surface area contributed by atoms with Crippen LogP contribution in [0.1, 0.15) is 44.0 Å². The van der Waals surface area contributed by atoms with Gasteiger partial charge in [0.1, 0.15) is 36.8 Å². The molecule has 0 fully saturated rings. The Morgan fingerprint density at radius 1 is 1.06 bits per heavy atom. The van der Waals surface area contributed by atoms with Gasteiger partial charge in [0.25, 0.3) is 5.91 Å². The van der Waals surface area contributed by atoms with Gasteiger partial charge in [-0.3, -0.25) is 19.2 Å². The van der Waals surface area contributed by atoms with Gasteiger partial charge >= 0.3 is 0 Å². The van der Waals surface area contributed by atoms with E-state index < -0.39 is 48.1 Å². The minimum absolute atomic E-state index is 0.0835. The van der Waals surface area contributed by atoms with Crippen LogP contribution in [0.2, 0.25) is 5.02 Å². The fraction of sp³-hybridized carbons (Fsp3) is 0.371. The number of carbonyl (C=O) groups excluding carboxylic acids is 4. The molecule has 256 valence electrons. The number of halogens is 2. The van der Waals surface area contributed by atoms with Crippen molar-refractivity contribution in [2.24, 2.45) is 5.92 Å². The van der Waals surface area contributed by atoms with Crippen molar-refractivity contribution in [3.05, 3.63) is 83.1 Å². The molecule has 4 rings (SSSR count). The molecule has 0 spiro atoms. The number of carbonyl (C=O) groups is 4. The largest absolute Gasteiger partial charge is 0.491 e. The SMILES string of the molecule is CC(C)C[C@H]1NC(=O)C[C@@H](C(=O)N[C@H](C)COc2c(F)cccc2Oc2cccc(Cl)c2)NC(=O)c2ccccc2OCCN(C)C1=O. The first-order valence-corrected chi connectivity index (χ1v) is 16.0. The number of benzene rings is 3. The van der Waals surface area contributed by atoms with E-state index in [1.54, 1.807) is 56.4 Å². The van der Waals surface area contributed by atoms with Crippen molar-refractivity contribution in [3.63, 3.8) is 0 Å². The van der Waals surface area contributed by atoms with Gasteiger partial charge in [0.2, 0.25) is 17.7 Å². The lowest BCUT2D eigenvalue weighted by atomic mass is 10.0. The Morgan fingerprint density at radius 2 is 1.81 bits per heavy atom. The molecule has 1 aliphatic heterocycles. The zero-order chi connectivity index (χ0) is 34.8. The lowest BCUT2D eigenvalue weighted by Crippen LogP contribution is -2.54. The van der Waals surface area contributed by atoms with Crippen LogP contribution in [0.3, 0.4) is 0 Å². The van der Waals surface area contributed by atoms with Crippen molar-refractivity contribution in [3.8, 4) is 23.0 Å². The summed E-state index contributed by atoms with van der Waals surface area (Å²) >= 11 is 6.05. The average molecular weight is 683 g/mol. The molecular formula is C35H40ClFN4O7. The maximum absolute atomic E-state index is 14.8. The Kier molecular flexibility index (Phi) is 12.6. The highest BCUT2D eigenvalue weighted by Crippen LogP contribution is 2.34. The van der Waals surface area contributed by atoms with Crippen LogP contribution in [-0.2, 0) is 14.4 Å². The van der Waals surface area contributed by atoms with Gasteiger partial charge in [-0.1, -0.05) is 49.7 Å². The van der Waals surface area contributed by atoms with E-state index in [1.807, 2.05) is 13.8 Å². The molecule has 0 aromatic heterocycles. The average Bonchev–Trinajstić information content (AvgIpc) is 3.03. The van der Waals surface area contributed by atoms with Gasteiger partial charge in [0, 0.05) is 12.1 Å². The van der Waals surface area contributed by atoms with Crippen LogP contribution in [0.5, 0.6) is 23.0 Å². The van der Waals surface area contributed by atoms with Gasteiger partial charge in [0.15, 0.2) is 17.3 Å². The van der Waals surface area contributed by atoms with Crippen molar-refractivity contribution >= 4 is 35.2 Å². The van der Waals surface area contributed by atoms with Crippen LogP contribution in [0.4, 0.5) is 4.39 Å². The highest BCUT2D eigenvalue weighted by atomic mass is 35.5. The summed E-state index contributed by atoms with van der Waals surface area (Å²) in [5.74, 6) is -2.24. The molecule has 0 unspecified atom stereocenters. The minimum atomic E-state index is -1.33. The van der Waals surface area contributed by atoms with E-state index in [9.17, 15) is 23.6 Å². The van der Waals surface area contributed by atoms with E-state index in [1.165, 1.54) is 29.2 Å². The van der Waals surface area contributed by atoms with Crippen molar-refractivity contribution in [2.75, 3.05) is 26.8 Å². The third-order valence-corrected chi connectivity index (χ3v) is 7.60. The number of hydrogen-bond donors (Lipinski definition) is 3. The molecule has 11 nitrogen and oxygen atoms in total. The Bertz CT molecular complexity index is 1620. The molecule has 1 aliphatic rings. The summed E-state index contributed by atoms with van der Waals surface area (Å²) in [6, 6.07) is 14.4. The van der Waals surface area contributed by atoms with Crippen LogP contribution in [0.25, 0.3) is 0 Å². The first-order chi connectivity index (χ1) is 22.9. The second kappa shape index (κ2) is 16.8. The number of likely N-dealkylation sites (N-methyl/N-ethyl adjacent to an activating group) is 1. The summed E-state index contributed by atoms with van der Waals surface area (Å²) in [4.78, 5) is 55.0. The Morgan fingerprint density at radius 3 is 2.56 bits per heavy atom. The van der Waals surface area contributed by atoms with Crippen molar-refractivity contribution in [1.82, 2.24) is 20.9 Å². The molecule has 0 radical (unpaired) electrons. The van der Waals surface area contributed by atoms with Crippen LogP contribution >= 0.6 is 11.6 Å². The number of nitrogens with zero attached hydrogens (tertiary/aromatic N) is 1. The molecule has 0 saturated carbocycles. The topological polar surface area (TPSA) is 135 Å². The van der Waals surface area contributed by atoms with Gasteiger partial charge in [-0.15, -0.1) is 0 Å². The molecule has 0 aliphatic carbocycles. The third kappa shape index (κ3) is 10.1. The molecule has 0 saturated heterocycles. The van der Waals surface area contributed by atoms with Crippen LogP contribution < -0.4 is 30.2 Å². The molecule has 3 atom stereocenters. The Labute approximate surface area is 284 Å². The summed E-state index contributed by atoms with van der Waals surface area (Å²) in [6.07, 6.45) is -0.0834. The molecule has 13 heteroatoms. The standard InChI is InChI=1S/C35H40ClFN4O7/c1-21(2)17-28-35(45)41(4)15-16-46-29-13-6-5-11-25(29)33(43)40-27(19-31(42)39-28)34(44)38-22(3)20-47-32-26(37)12-8-14-30(32)48-24-10-7-9-23(36)18-24/h5-14,18,21-22,27-28H,15-17,19-20H2,1-4H3,(H,38,44)(H,39,42)(H,40,43)/t22-,27+,28-/m1/s1. The number of amides is 4. The molecule has 48 heavy (non-hydrogen) atoms. The first kappa shape index (κ1) is 36.0. The molecule has 0 bridgehead atoms. The third-order valence-electron chi connectivity index (χ3n) is 7.37. The second-order valence-corrected chi connectivity index (χ2v) is 12.4. The maximum atomic E-state index is 14.8. The van der Waals surface area contributed by atoms with Crippen LogP contribution in [0.15, 0.2) is 66.7 Å². The fourth-order valence-corrected chi connectivity index (χ4v) is 5.17. The minimum Gasteiger partial charge on any atom is -0.491 e. The molecule has 4 amide bonds. The number of nitrogens with one attached hydrogen (secondary N) is 3. The molecular weight excluding hydrogens is 643 g/mol. The number of hydrogen-bond acceptors (Lipinski definition) is 7. The quantitative estimate of drug-likeness (QED) is 0.297. The second-order valence-electron chi connectivity index (χ2n) is 11.9. The van der Waals surface area contributed by atoms with E-state index in [2.05, 4.69) is 16.0 Å². The van der Waals surface area contributed by atoms with Gasteiger partial charge in [0.05, 0.1) is 24.6 Å². The highest BCUT2D eigenvalue weighted by molar-refractivity contribution is 6.30. The van der Waals surface area contributed by atoms with Crippen molar-refractivity contribution in [2.45, 2.75) is 51.7 Å². The zero-order valence-electron chi connectivity index (χ0n) is 27.3. The number of fused-ring (bicyclic) bond motifs is 1. The lowest BCUT2D eigenvalue weighted by Gasteiger charge is -2.27. The molecule has 3 aromatic carbocycles. The predicted molar refractivity (Wildman–Crippen MR) is 178 cm³/mol. The predicted octanol–water partition coefficient (Wildman–Crippen LogP) is 4.73. The number of para-hydroxylation sites is 2. The smallest absolute Gasteiger partial charge is 0.255 e. The molecule has 3 aromatic rings. The number of rotatable bonds is 9. The van der Waals surface area contributed by atoms with Gasteiger partial charge in [-0.25, -0.2) is 4.39 Å². The summed E-state index contributed by atoms with van der Waals surface area (Å²) < 4.78 is 32.2. The first-order valence-electron chi connectivity index (χ1n) is 15.6. The monoisotopic (exact) mass is 682 g/mol. The maximum Gasteiger partial charge on any atom is 0.255 e. The van der Waals surface area contributed by atoms with Crippen LogP contribution in [-0.4, -0.2) is 73.5 Å². The van der Waals surface area contributed by atoms with Crippen LogP contribution in [0, 0.1) is 11.7 Å². The van der Waals surface area contributed by atoms with E-state index >= 15 is 0 Å². The van der Waals surface area contributed by atoms with Gasteiger partial charge < -0.3 is 35.1 Å².